The highest BCUT2D eigenvalue weighted by Crippen LogP contribution is 2.22. The Morgan fingerprint density at radius 1 is 1.40 bits per heavy atom. The molecule has 0 bridgehead atoms. The molecule has 106 valence electrons. The van der Waals surface area contributed by atoms with Crippen LogP contribution in [0.4, 0.5) is 0 Å². The minimum atomic E-state index is -0.358. The molecule has 1 aromatic heterocycles. The fraction of sp³-hybridized carbons (Fsp3) is 0.333. The lowest BCUT2D eigenvalue weighted by Gasteiger charge is -2.15. The van der Waals surface area contributed by atoms with E-state index in [4.69, 9.17) is 10.5 Å². The van der Waals surface area contributed by atoms with Gasteiger partial charge >= 0.3 is 0 Å². The molecule has 2 rings (SSSR count). The molecule has 0 saturated carbocycles. The van der Waals surface area contributed by atoms with Crippen molar-refractivity contribution in [2.24, 2.45) is 5.73 Å². The Bertz CT molecular complexity index is 581. The smallest absolute Gasteiger partial charge is 0.234 e. The van der Waals surface area contributed by atoms with Gasteiger partial charge in [0.15, 0.2) is 0 Å². The Morgan fingerprint density at radius 3 is 2.95 bits per heavy atom. The van der Waals surface area contributed by atoms with Gasteiger partial charge in [-0.05, 0) is 18.7 Å². The SMILES string of the molecule is CCNC(CCOc1cccc2cccnc12)C(N)=O. The Labute approximate surface area is 118 Å². The molecule has 0 saturated heterocycles. The number of likely N-dealkylation sites (N-methyl/N-ethyl adjacent to an activating group) is 1. The number of hydrogen-bond donors (Lipinski definition) is 2. The van der Waals surface area contributed by atoms with Crippen LogP contribution >= 0.6 is 0 Å². The van der Waals surface area contributed by atoms with Crippen molar-refractivity contribution in [3.63, 3.8) is 0 Å². The van der Waals surface area contributed by atoms with Crippen LogP contribution in [-0.2, 0) is 4.79 Å². The molecule has 0 fully saturated rings. The maximum absolute atomic E-state index is 11.2. The van der Waals surface area contributed by atoms with Crippen LogP contribution in [0.5, 0.6) is 5.75 Å². The zero-order chi connectivity index (χ0) is 14.4. The molecule has 0 radical (unpaired) electrons. The Kier molecular flexibility index (Phi) is 4.90. The van der Waals surface area contributed by atoms with Crippen molar-refractivity contribution in [1.29, 1.82) is 0 Å². The van der Waals surface area contributed by atoms with Crippen molar-refractivity contribution in [2.75, 3.05) is 13.2 Å². The summed E-state index contributed by atoms with van der Waals surface area (Å²) in [5, 5.41) is 4.07. The van der Waals surface area contributed by atoms with Crippen molar-refractivity contribution in [3.05, 3.63) is 36.5 Å². The number of nitrogens with two attached hydrogens (primary N) is 1. The van der Waals surface area contributed by atoms with E-state index in [9.17, 15) is 4.79 Å². The quantitative estimate of drug-likeness (QED) is 0.800. The van der Waals surface area contributed by atoms with Crippen LogP contribution < -0.4 is 15.8 Å². The Balaban J connectivity index is 2.01. The number of amides is 1. The van der Waals surface area contributed by atoms with Gasteiger partial charge < -0.3 is 15.8 Å². The molecule has 5 heteroatoms. The minimum Gasteiger partial charge on any atom is -0.491 e. The van der Waals surface area contributed by atoms with Gasteiger partial charge in [-0.25, -0.2) is 0 Å². The molecule has 1 aromatic carbocycles. The van der Waals surface area contributed by atoms with E-state index in [1.54, 1.807) is 6.20 Å². The lowest BCUT2D eigenvalue weighted by Crippen LogP contribution is -2.42. The highest BCUT2D eigenvalue weighted by Gasteiger charge is 2.13. The van der Waals surface area contributed by atoms with Crippen LogP contribution in [0.25, 0.3) is 10.9 Å². The van der Waals surface area contributed by atoms with Gasteiger partial charge in [0.25, 0.3) is 0 Å². The van der Waals surface area contributed by atoms with Gasteiger partial charge in [-0.3, -0.25) is 9.78 Å². The molecular formula is C15H19N3O2. The van der Waals surface area contributed by atoms with Gasteiger partial charge in [-0.2, -0.15) is 0 Å². The topological polar surface area (TPSA) is 77.2 Å². The summed E-state index contributed by atoms with van der Waals surface area (Å²) in [7, 11) is 0. The van der Waals surface area contributed by atoms with E-state index in [0.717, 1.165) is 16.7 Å². The highest BCUT2D eigenvalue weighted by atomic mass is 16.5. The predicted octanol–water partition coefficient (Wildman–Crippen LogP) is 1.47. The van der Waals surface area contributed by atoms with E-state index in [1.165, 1.54) is 0 Å². The number of fused-ring (bicyclic) bond motifs is 1. The Morgan fingerprint density at radius 2 is 2.20 bits per heavy atom. The van der Waals surface area contributed by atoms with E-state index >= 15 is 0 Å². The van der Waals surface area contributed by atoms with Crippen LogP contribution in [0.15, 0.2) is 36.5 Å². The van der Waals surface area contributed by atoms with Gasteiger partial charge in [0, 0.05) is 18.0 Å². The second-order valence-electron chi connectivity index (χ2n) is 4.48. The number of aromatic nitrogens is 1. The van der Waals surface area contributed by atoms with Crippen LogP contribution in [-0.4, -0.2) is 30.1 Å². The van der Waals surface area contributed by atoms with Crippen molar-refractivity contribution in [1.82, 2.24) is 10.3 Å². The molecule has 5 nitrogen and oxygen atoms in total. The summed E-state index contributed by atoms with van der Waals surface area (Å²) in [6.45, 7) is 3.05. The van der Waals surface area contributed by atoms with Crippen LogP contribution in [0.2, 0.25) is 0 Å². The number of ether oxygens (including phenoxy) is 1. The summed E-state index contributed by atoms with van der Waals surface area (Å²) in [4.78, 5) is 15.6. The molecule has 0 aliphatic heterocycles. The zero-order valence-electron chi connectivity index (χ0n) is 11.5. The molecule has 0 aliphatic rings. The fourth-order valence-electron chi connectivity index (χ4n) is 2.07. The summed E-state index contributed by atoms with van der Waals surface area (Å²) in [5.41, 5.74) is 6.15. The molecule has 0 aliphatic carbocycles. The molecular weight excluding hydrogens is 254 g/mol. The molecule has 1 atom stereocenters. The highest BCUT2D eigenvalue weighted by molar-refractivity contribution is 5.84. The number of carbonyl (C=O) groups excluding carboxylic acids is 1. The third kappa shape index (κ3) is 3.45. The first-order valence-electron chi connectivity index (χ1n) is 6.71. The van der Waals surface area contributed by atoms with Crippen LogP contribution in [0.3, 0.4) is 0 Å². The molecule has 1 unspecified atom stereocenters. The largest absolute Gasteiger partial charge is 0.491 e. The number of benzene rings is 1. The Hall–Kier alpha value is -2.14. The standard InChI is InChI=1S/C15H19N3O2/c1-2-17-12(15(16)19)8-10-20-13-7-3-5-11-6-4-9-18-14(11)13/h3-7,9,12,17H,2,8,10H2,1H3,(H2,16,19). The van der Waals surface area contributed by atoms with E-state index in [2.05, 4.69) is 10.3 Å². The lowest BCUT2D eigenvalue weighted by atomic mass is 10.2. The number of nitrogens with one attached hydrogen (secondary N) is 1. The number of pyridine rings is 1. The van der Waals surface area contributed by atoms with Gasteiger partial charge in [0.1, 0.15) is 11.3 Å². The maximum atomic E-state index is 11.2. The van der Waals surface area contributed by atoms with Crippen molar-refractivity contribution in [3.8, 4) is 5.75 Å². The van der Waals surface area contributed by atoms with Crippen molar-refractivity contribution < 1.29 is 9.53 Å². The number of primary amides is 1. The normalized spacial score (nSPS) is 12.2. The van der Waals surface area contributed by atoms with E-state index in [-0.39, 0.29) is 11.9 Å². The van der Waals surface area contributed by atoms with Crippen LogP contribution in [0.1, 0.15) is 13.3 Å². The average molecular weight is 273 g/mol. The van der Waals surface area contributed by atoms with E-state index < -0.39 is 0 Å². The third-order valence-corrected chi connectivity index (χ3v) is 3.05. The predicted molar refractivity (Wildman–Crippen MR) is 78.5 cm³/mol. The second-order valence-corrected chi connectivity index (χ2v) is 4.48. The van der Waals surface area contributed by atoms with Crippen LogP contribution in [0, 0.1) is 0 Å². The van der Waals surface area contributed by atoms with Crippen molar-refractivity contribution >= 4 is 16.8 Å². The average Bonchev–Trinajstić information content (AvgIpc) is 2.46. The zero-order valence-corrected chi connectivity index (χ0v) is 11.5. The number of hydrogen-bond acceptors (Lipinski definition) is 4. The summed E-state index contributed by atoms with van der Waals surface area (Å²) in [6.07, 6.45) is 2.27. The summed E-state index contributed by atoms with van der Waals surface area (Å²) < 4.78 is 5.74. The van der Waals surface area contributed by atoms with E-state index in [1.807, 2.05) is 37.3 Å². The van der Waals surface area contributed by atoms with Crippen molar-refractivity contribution in [2.45, 2.75) is 19.4 Å². The molecule has 2 aromatic rings. The molecule has 0 spiro atoms. The van der Waals surface area contributed by atoms with Gasteiger partial charge in [-0.1, -0.05) is 25.1 Å². The summed E-state index contributed by atoms with van der Waals surface area (Å²) in [6, 6.07) is 9.31. The molecule has 1 heterocycles. The first kappa shape index (κ1) is 14.3. The number of rotatable bonds is 7. The molecule has 1 amide bonds. The van der Waals surface area contributed by atoms with Gasteiger partial charge in [-0.15, -0.1) is 0 Å². The number of carbonyl (C=O) groups is 1. The second kappa shape index (κ2) is 6.86. The third-order valence-electron chi connectivity index (χ3n) is 3.05. The lowest BCUT2D eigenvalue weighted by molar-refractivity contribution is -0.120. The van der Waals surface area contributed by atoms with Gasteiger partial charge in [0.05, 0.1) is 12.6 Å². The summed E-state index contributed by atoms with van der Waals surface area (Å²) in [5.74, 6) is 0.370. The van der Waals surface area contributed by atoms with Gasteiger partial charge in [0.2, 0.25) is 5.91 Å². The fourth-order valence-corrected chi connectivity index (χ4v) is 2.07. The monoisotopic (exact) mass is 273 g/mol. The molecule has 20 heavy (non-hydrogen) atoms. The first-order valence-corrected chi connectivity index (χ1v) is 6.71. The minimum absolute atomic E-state index is 0.355. The first-order chi connectivity index (χ1) is 9.72. The maximum Gasteiger partial charge on any atom is 0.234 e. The molecule has 3 N–H and O–H groups in total. The number of nitrogens with zero attached hydrogens (tertiary/aromatic N) is 1. The van der Waals surface area contributed by atoms with E-state index in [0.29, 0.717) is 19.6 Å². The summed E-state index contributed by atoms with van der Waals surface area (Å²) >= 11 is 0. The number of para-hydroxylation sites is 1.